The molecular weight excluding hydrogens is 405 g/mol. The van der Waals surface area contributed by atoms with E-state index in [-0.39, 0.29) is 17.1 Å². The molecule has 0 fully saturated rings. The summed E-state index contributed by atoms with van der Waals surface area (Å²) in [5.74, 6) is -2.04. The number of amides is 1. The van der Waals surface area contributed by atoms with Crippen LogP contribution < -0.4 is 10.6 Å². The highest BCUT2D eigenvalue weighted by molar-refractivity contribution is 6.04. The van der Waals surface area contributed by atoms with Crippen LogP contribution in [-0.4, -0.2) is 16.1 Å². The van der Waals surface area contributed by atoms with Gasteiger partial charge in [-0.05, 0) is 54.6 Å². The average Bonchev–Trinajstić information content (AvgIpc) is 2.74. The average molecular weight is 420 g/mol. The van der Waals surface area contributed by atoms with Gasteiger partial charge in [-0.3, -0.25) is 4.79 Å². The molecule has 0 saturated carbocycles. The molecule has 3 aromatic carbocycles. The summed E-state index contributed by atoms with van der Waals surface area (Å²) in [4.78, 5) is 12.4. The van der Waals surface area contributed by atoms with Crippen molar-refractivity contribution in [2.75, 3.05) is 10.6 Å². The molecule has 0 bridgehead atoms. The number of aromatic nitrogens is 2. The highest BCUT2D eigenvalue weighted by Gasteiger charge is 2.10. The van der Waals surface area contributed by atoms with Crippen molar-refractivity contribution >= 4 is 23.1 Å². The largest absolute Gasteiger partial charge is 0.339 e. The molecule has 154 valence electrons. The third-order valence-electron chi connectivity index (χ3n) is 4.30. The fraction of sp³-hybridized carbons (Fsp3) is 0. The summed E-state index contributed by atoms with van der Waals surface area (Å²) < 4.78 is 40.0. The van der Waals surface area contributed by atoms with Crippen LogP contribution in [-0.2, 0) is 0 Å². The Morgan fingerprint density at radius 2 is 1.48 bits per heavy atom. The number of benzene rings is 3. The van der Waals surface area contributed by atoms with E-state index in [1.165, 1.54) is 12.1 Å². The van der Waals surface area contributed by atoms with Crippen molar-refractivity contribution in [3.8, 4) is 11.3 Å². The lowest BCUT2D eigenvalue weighted by Crippen LogP contribution is -2.12. The molecule has 1 amide bonds. The van der Waals surface area contributed by atoms with Crippen LogP contribution in [0.2, 0.25) is 0 Å². The first kappa shape index (κ1) is 20.1. The second-order valence-corrected chi connectivity index (χ2v) is 6.63. The van der Waals surface area contributed by atoms with Gasteiger partial charge in [-0.15, -0.1) is 10.2 Å². The minimum Gasteiger partial charge on any atom is -0.339 e. The number of hydrogen-bond acceptors (Lipinski definition) is 4. The van der Waals surface area contributed by atoms with Gasteiger partial charge in [0, 0.05) is 28.6 Å². The minimum atomic E-state index is -0.786. The Morgan fingerprint density at radius 1 is 0.710 bits per heavy atom. The van der Waals surface area contributed by atoms with E-state index < -0.39 is 17.5 Å². The highest BCUT2D eigenvalue weighted by atomic mass is 19.1. The van der Waals surface area contributed by atoms with Crippen LogP contribution in [0.25, 0.3) is 11.3 Å². The summed E-state index contributed by atoms with van der Waals surface area (Å²) >= 11 is 0. The van der Waals surface area contributed by atoms with E-state index in [1.54, 1.807) is 48.5 Å². The first-order valence-electron chi connectivity index (χ1n) is 9.20. The Hall–Kier alpha value is -4.20. The summed E-state index contributed by atoms with van der Waals surface area (Å²) in [6.45, 7) is 0. The zero-order valence-corrected chi connectivity index (χ0v) is 15.9. The van der Waals surface area contributed by atoms with Crippen LogP contribution >= 0.6 is 0 Å². The number of rotatable bonds is 5. The van der Waals surface area contributed by atoms with Crippen molar-refractivity contribution in [3.63, 3.8) is 0 Å². The zero-order valence-electron chi connectivity index (χ0n) is 15.9. The monoisotopic (exact) mass is 420 g/mol. The Bertz CT molecular complexity index is 1230. The lowest BCUT2D eigenvalue weighted by Gasteiger charge is -2.09. The van der Waals surface area contributed by atoms with Gasteiger partial charge in [0.2, 0.25) is 0 Å². The predicted molar refractivity (Wildman–Crippen MR) is 111 cm³/mol. The normalized spacial score (nSPS) is 10.5. The van der Waals surface area contributed by atoms with Crippen LogP contribution in [0.1, 0.15) is 10.4 Å². The third kappa shape index (κ3) is 5.05. The topological polar surface area (TPSA) is 66.9 Å². The molecule has 0 aliphatic carbocycles. The van der Waals surface area contributed by atoms with Gasteiger partial charge in [0.15, 0.2) is 5.82 Å². The number of halogens is 3. The summed E-state index contributed by atoms with van der Waals surface area (Å²) in [6, 6.07) is 18.7. The Kier molecular flexibility index (Phi) is 5.61. The smallest absolute Gasteiger partial charge is 0.255 e. The number of hydrogen-bond donors (Lipinski definition) is 2. The predicted octanol–water partition coefficient (Wildman–Crippen LogP) is 5.56. The fourth-order valence-corrected chi connectivity index (χ4v) is 2.92. The van der Waals surface area contributed by atoms with E-state index >= 15 is 0 Å². The van der Waals surface area contributed by atoms with Gasteiger partial charge in [0.1, 0.15) is 17.5 Å². The lowest BCUT2D eigenvalue weighted by atomic mass is 10.1. The van der Waals surface area contributed by atoms with Gasteiger partial charge in [-0.1, -0.05) is 18.2 Å². The van der Waals surface area contributed by atoms with Crippen LogP contribution in [0.4, 0.5) is 30.4 Å². The second-order valence-electron chi connectivity index (χ2n) is 6.63. The molecule has 1 aromatic heterocycles. The summed E-state index contributed by atoms with van der Waals surface area (Å²) in [6.07, 6.45) is 0. The number of anilines is 3. The minimum absolute atomic E-state index is 0.0136. The Morgan fingerprint density at radius 3 is 2.19 bits per heavy atom. The zero-order chi connectivity index (χ0) is 21.8. The molecule has 0 aliphatic heterocycles. The Labute approximate surface area is 175 Å². The maximum Gasteiger partial charge on any atom is 0.255 e. The van der Waals surface area contributed by atoms with E-state index in [2.05, 4.69) is 20.8 Å². The SMILES string of the molecule is O=C(Nc1cc(F)cc(F)c1)c1cccc(Nc2ccc(-c3cccc(F)c3)nn2)c1. The van der Waals surface area contributed by atoms with Gasteiger partial charge >= 0.3 is 0 Å². The molecule has 5 nitrogen and oxygen atoms in total. The van der Waals surface area contributed by atoms with Crippen molar-refractivity contribution in [2.45, 2.75) is 0 Å². The number of carbonyl (C=O) groups is 1. The van der Waals surface area contributed by atoms with Crippen molar-refractivity contribution in [1.82, 2.24) is 10.2 Å². The number of carbonyl (C=O) groups excluding carboxylic acids is 1. The standard InChI is InChI=1S/C23H15F3N4O/c24-16-5-1-3-14(9-16)21-7-8-22(30-29-21)27-19-6-2-4-15(10-19)23(31)28-20-12-17(25)11-18(26)13-20/h1-13H,(H,27,30)(H,28,31). The van der Waals surface area contributed by atoms with Crippen LogP contribution in [0, 0.1) is 17.5 Å². The molecule has 0 unspecified atom stereocenters. The van der Waals surface area contributed by atoms with E-state index in [0.29, 0.717) is 22.8 Å². The van der Waals surface area contributed by atoms with Crippen LogP contribution in [0.15, 0.2) is 78.9 Å². The van der Waals surface area contributed by atoms with E-state index in [9.17, 15) is 18.0 Å². The summed E-state index contributed by atoms with van der Waals surface area (Å²) in [5.41, 5.74) is 1.97. The number of nitrogens with one attached hydrogen (secondary N) is 2. The highest BCUT2D eigenvalue weighted by Crippen LogP contribution is 2.21. The molecule has 0 radical (unpaired) electrons. The van der Waals surface area contributed by atoms with Gasteiger partial charge in [-0.2, -0.15) is 0 Å². The second kappa shape index (κ2) is 8.66. The van der Waals surface area contributed by atoms with E-state index in [1.807, 2.05) is 0 Å². The molecule has 0 saturated heterocycles. The maximum atomic E-state index is 13.4. The molecule has 2 N–H and O–H groups in total. The molecule has 1 heterocycles. The molecule has 0 atom stereocenters. The molecular formula is C23H15F3N4O. The fourth-order valence-electron chi connectivity index (χ4n) is 2.92. The third-order valence-corrected chi connectivity index (χ3v) is 4.30. The molecule has 0 spiro atoms. The van der Waals surface area contributed by atoms with Crippen molar-refractivity contribution in [3.05, 3.63) is 102 Å². The molecule has 8 heteroatoms. The lowest BCUT2D eigenvalue weighted by molar-refractivity contribution is 0.102. The van der Waals surface area contributed by atoms with E-state index in [0.717, 1.165) is 18.2 Å². The number of nitrogens with zero attached hydrogens (tertiary/aromatic N) is 2. The quantitative estimate of drug-likeness (QED) is 0.444. The van der Waals surface area contributed by atoms with Gasteiger partial charge in [0.25, 0.3) is 5.91 Å². The first-order valence-corrected chi connectivity index (χ1v) is 9.20. The van der Waals surface area contributed by atoms with E-state index in [4.69, 9.17) is 0 Å². The first-order chi connectivity index (χ1) is 15.0. The molecule has 4 aromatic rings. The van der Waals surface area contributed by atoms with Crippen molar-refractivity contribution in [1.29, 1.82) is 0 Å². The summed E-state index contributed by atoms with van der Waals surface area (Å²) in [7, 11) is 0. The maximum absolute atomic E-state index is 13.4. The van der Waals surface area contributed by atoms with Gasteiger partial charge < -0.3 is 10.6 Å². The summed E-state index contributed by atoms with van der Waals surface area (Å²) in [5, 5.41) is 13.6. The molecule has 4 rings (SSSR count). The van der Waals surface area contributed by atoms with Gasteiger partial charge in [-0.25, -0.2) is 13.2 Å². The van der Waals surface area contributed by atoms with Gasteiger partial charge in [0.05, 0.1) is 5.69 Å². The molecule has 0 aliphatic rings. The van der Waals surface area contributed by atoms with Crippen molar-refractivity contribution in [2.24, 2.45) is 0 Å². The van der Waals surface area contributed by atoms with Crippen molar-refractivity contribution < 1.29 is 18.0 Å². The van der Waals surface area contributed by atoms with Crippen LogP contribution in [0.5, 0.6) is 0 Å². The van der Waals surface area contributed by atoms with Crippen LogP contribution in [0.3, 0.4) is 0 Å². The Balaban J connectivity index is 1.47. The molecule has 31 heavy (non-hydrogen) atoms.